The van der Waals surface area contributed by atoms with Gasteiger partial charge in [-0.25, -0.2) is 4.98 Å². The van der Waals surface area contributed by atoms with Gasteiger partial charge in [0.2, 0.25) is 0 Å². The van der Waals surface area contributed by atoms with Gasteiger partial charge < -0.3 is 5.32 Å². The van der Waals surface area contributed by atoms with E-state index in [0.717, 1.165) is 23.3 Å². The van der Waals surface area contributed by atoms with Crippen molar-refractivity contribution in [3.05, 3.63) is 29.2 Å². The Hall–Kier alpha value is -1.33. The lowest BCUT2D eigenvalue weighted by Gasteiger charge is -2.21. The molecule has 1 N–H and O–H groups in total. The van der Waals surface area contributed by atoms with Gasteiger partial charge in [-0.1, -0.05) is 0 Å². The Balaban J connectivity index is 1.59. The Morgan fingerprint density at radius 2 is 2.20 bits per heavy atom. The first kappa shape index (κ1) is 12.4. The predicted molar refractivity (Wildman–Crippen MR) is 79.8 cm³/mol. The minimum absolute atomic E-state index is 0.584. The van der Waals surface area contributed by atoms with Gasteiger partial charge in [0.15, 0.2) is 0 Å². The Bertz CT molecular complexity index is 591. The summed E-state index contributed by atoms with van der Waals surface area (Å²) in [5.74, 6) is 0.584. The summed E-state index contributed by atoms with van der Waals surface area (Å²) < 4.78 is 0. The lowest BCUT2D eigenvalue weighted by molar-refractivity contribution is 0.500. The molecule has 2 heterocycles. The van der Waals surface area contributed by atoms with Crippen LogP contribution in [0, 0.1) is 0 Å². The van der Waals surface area contributed by atoms with E-state index < -0.39 is 0 Å². The summed E-state index contributed by atoms with van der Waals surface area (Å²) in [5, 5.41) is 4.68. The van der Waals surface area contributed by atoms with Crippen LogP contribution in [0.3, 0.4) is 0 Å². The molecule has 0 aromatic carbocycles. The molecule has 20 heavy (non-hydrogen) atoms. The summed E-state index contributed by atoms with van der Waals surface area (Å²) in [4.78, 5) is 14.9. The number of fused-ring (bicyclic) bond motifs is 1. The van der Waals surface area contributed by atoms with E-state index >= 15 is 0 Å². The molecule has 0 radical (unpaired) electrons. The summed E-state index contributed by atoms with van der Waals surface area (Å²) in [6.07, 6.45) is 11.7. The largest absolute Gasteiger partial charge is 0.313 e. The minimum atomic E-state index is 0.584. The molecule has 0 amide bonds. The van der Waals surface area contributed by atoms with E-state index in [1.807, 2.05) is 6.20 Å². The molecule has 2 aromatic rings. The molecule has 4 nitrogen and oxygen atoms in total. The van der Waals surface area contributed by atoms with Crippen molar-refractivity contribution in [2.75, 3.05) is 6.54 Å². The van der Waals surface area contributed by atoms with Crippen LogP contribution < -0.4 is 5.32 Å². The van der Waals surface area contributed by atoms with Gasteiger partial charge in [0.25, 0.3) is 0 Å². The second kappa shape index (κ2) is 5.22. The lowest BCUT2D eigenvalue weighted by Crippen LogP contribution is -2.25. The number of hydrogen-bond acceptors (Lipinski definition) is 5. The molecule has 0 spiro atoms. The van der Waals surface area contributed by atoms with Gasteiger partial charge >= 0.3 is 0 Å². The molecule has 2 aliphatic carbocycles. The van der Waals surface area contributed by atoms with Crippen molar-refractivity contribution in [2.45, 2.75) is 44.1 Å². The quantitative estimate of drug-likeness (QED) is 0.939. The molecule has 1 saturated carbocycles. The highest BCUT2D eigenvalue weighted by Crippen LogP contribution is 2.37. The topological polar surface area (TPSA) is 50.7 Å². The second-order valence-electron chi connectivity index (χ2n) is 5.69. The third-order valence-corrected chi connectivity index (χ3v) is 5.24. The van der Waals surface area contributed by atoms with Crippen LogP contribution in [0.2, 0.25) is 0 Å². The standard InChI is InChI=1S/C15H18N4S/c1-2-10(8-18-11-4-5-11)14-13(3-1)20-15(19-14)12-9-16-6-7-17-12/h6-7,9-11,18H,1-5,8H2. The number of hydrogen-bond donors (Lipinski definition) is 1. The Kier molecular flexibility index (Phi) is 3.24. The number of nitrogens with zero attached hydrogens (tertiary/aromatic N) is 3. The molecule has 104 valence electrons. The first-order valence-corrected chi connectivity index (χ1v) is 8.21. The van der Waals surface area contributed by atoms with Crippen LogP contribution in [0.4, 0.5) is 0 Å². The van der Waals surface area contributed by atoms with Crippen LogP contribution >= 0.6 is 11.3 Å². The smallest absolute Gasteiger partial charge is 0.143 e. The average molecular weight is 286 g/mol. The molecule has 1 atom stereocenters. The van der Waals surface area contributed by atoms with E-state index in [0.29, 0.717) is 5.92 Å². The van der Waals surface area contributed by atoms with E-state index in [1.54, 1.807) is 23.7 Å². The summed E-state index contributed by atoms with van der Waals surface area (Å²) in [6, 6.07) is 0.776. The first-order chi connectivity index (χ1) is 9.90. The molecular formula is C15H18N4S. The zero-order valence-electron chi connectivity index (χ0n) is 11.4. The lowest BCUT2D eigenvalue weighted by atomic mass is 9.91. The van der Waals surface area contributed by atoms with E-state index in [2.05, 4.69) is 15.3 Å². The van der Waals surface area contributed by atoms with Crippen LogP contribution in [0.25, 0.3) is 10.7 Å². The van der Waals surface area contributed by atoms with Gasteiger partial charge in [-0.15, -0.1) is 11.3 Å². The number of thiazole rings is 1. The van der Waals surface area contributed by atoms with Crippen LogP contribution in [-0.2, 0) is 6.42 Å². The van der Waals surface area contributed by atoms with Gasteiger partial charge in [-0.3, -0.25) is 9.97 Å². The molecule has 5 heteroatoms. The number of aryl methyl sites for hydroxylation is 1. The molecule has 0 bridgehead atoms. The fourth-order valence-electron chi connectivity index (χ4n) is 2.82. The molecule has 4 rings (SSSR count). The number of aromatic nitrogens is 3. The molecular weight excluding hydrogens is 268 g/mol. The highest BCUT2D eigenvalue weighted by Gasteiger charge is 2.28. The highest BCUT2D eigenvalue weighted by atomic mass is 32.1. The van der Waals surface area contributed by atoms with Gasteiger partial charge in [0.05, 0.1) is 11.9 Å². The second-order valence-corrected chi connectivity index (χ2v) is 6.77. The summed E-state index contributed by atoms with van der Waals surface area (Å²) in [6.45, 7) is 1.08. The van der Waals surface area contributed by atoms with Crippen LogP contribution in [0.5, 0.6) is 0 Å². The summed E-state index contributed by atoms with van der Waals surface area (Å²) in [7, 11) is 0. The Morgan fingerprint density at radius 1 is 1.25 bits per heavy atom. The molecule has 2 aromatic heterocycles. The van der Waals surface area contributed by atoms with Crippen molar-refractivity contribution >= 4 is 11.3 Å². The zero-order chi connectivity index (χ0) is 13.4. The highest BCUT2D eigenvalue weighted by molar-refractivity contribution is 7.15. The van der Waals surface area contributed by atoms with E-state index in [4.69, 9.17) is 4.98 Å². The predicted octanol–water partition coefficient (Wildman–Crippen LogP) is 2.77. The van der Waals surface area contributed by atoms with Gasteiger partial charge in [-0.05, 0) is 32.1 Å². The van der Waals surface area contributed by atoms with Gasteiger partial charge in [0, 0.05) is 35.8 Å². The zero-order valence-corrected chi connectivity index (χ0v) is 12.2. The maximum absolute atomic E-state index is 4.88. The molecule has 0 aliphatic heterocycles. The minimum Gasteiger partial charge on any atom is -0.313 e. The fraction of sp³-hybridized carbons (Fsp3) is 0.533. The van der Waals surface area contributed by atoms with Gasteiger partial charge in [0.1, 0.15) is 10.7 Å². The van der Waals surface area contributed by atoms with E-state index in [-0.39, 0.29) is 0 Å². The first-order valence-electron chi connectivity index (χ1n) is 7.39. The normalized spacial score (nSPS) is 21.7. The van der Waals surface area contributed by atoms with Crippen molar-refractivity contribution < 1.29 is 0 Å². The maximum atomic E-state index is 4.88. The Morgan fingerprint density at radius 3 is 3.00 bits per heavy atom. The van der Waals surface area contributed by atoms with Gasteiger partial charge in [-0.2, -0.15) is 0 Å². The number of rotatable bonds is 4. The Labute approximate surface area is 122 Å². The SMILES string of the molecule is c1cnc(-c2nc3c(s2)CCCC3CNC2CC2)cn1. The van der Waals surface area contributed by atoms with Crippen LogP contribution in [-0.4, -0.2) is 27.5 Å². The van der Waals surface area contributed by atoms with E-state index in [1.165, 1.54) is 42.7 Å². The van der Waals surface area contributed by atoms with E-state index in [9.17, 15) is 0 Å². The third kappa shape index (κ3) is 2.47. The monoisotopic (exact) mass is 286 g/mol. The fourth-order valence-corrected chi connectivity index (χ4v) is 3.97. The van der Waals surface area contributed by atoms with Crippen molar-refractivity contribution in [1.82, 2.24) is 20.3 Å². The van der Waals surface area contributed by atoms with Crippen molar-refractivity contribution in [2.24, 2.45) is 0 Å². The van der Waals surface area contributed by atoms with Crippen LogP contribution in [0.1, 0.15) is 42.2 Å². The van der Waals surface area contributed by atoms with Crippen LogP contribution in [0.15, 0.2) is 18.6 Å². The summed E-state index contributed by atoms with van der Waals surface area (Å²) >= 11 is 1.80. The van der Waals surface area contributed by atoms with Crippen molar-refractivity contribution in [3.8, 4) is 10.7 Å². The number of nitrogens with one attached hydrogen (secondary N) is 1. The average Bonchev–Trinajstić information content (AvgIpc) is 3.22. The molecule has 2 aliphatic rings. The summed E-state index contributed by atoms with van der Waals surface area (Å²) in [5.41, 5.74) is 2.22. The van der Waals surface area contributed by atoms with Crippen molar-refractivity contribution in [3.63, 3.8) is 0 Å². The van der Waals surface area contributed by atoms with Crippen molar-refractivity contribution in [1.29, 1.82) is 0 Å². The maximum Gasteiger partial charge on any atom is 0.143 e. The molecule has 1 unspecified atom stereocenters. The third-order valence-electron chi connectivity index (χ3n) is 4.08. The molecule has 1 fully saturated rings. The molecule has 0 saturated heterocycles.